The van der Waals surface area contributed by atoms with E-state index in [9.17, 15) is 4.79 Å². The van der Waals surface area contributed by atoms with E-state index in [-0.39, 0.29) is 0 Å². The molecule has 1 aromatic rings. The Bertz CT molecular complexity index is 413. The third-order valence-corrected chi connectivity index (χ3v) is 4.85. The zero-order valence-electron chi connectivity index (χ0n) is 7.76. The molecule has 5 heteroatoms. The van der Waals surface area contributed by atoms with Crippen molar-refractivity contribution in [2.45, 2.75) is 6.92 Å². The smallest absolute Gasteiger partial charge is 0.335 e. The molecule has 0 heterocycles. The van der Waals surface area contributed by atoms with Crippen LogP contribution in [0, 0.1) is 0 Å². The van der Waals surface area contributed by atoms with Crippen LogP contribution in [-0.4, -0.2) is 5.97 Å². The standard InChI is InChI=1S/C10H7Br3O2/c1-2-3-8(14)15-7-5-4-6(11)9(12)10(7)13/h2-5H,1H3. The third-order valence-electron chi connectivity index (χ3n) is 1.51. The predicted molar refractivity (Wildman–Crippen MR) is 70.0 cm³/mol. The van der Waals surface area contributed by atoms with Crippen LogP contribution in [0.15, 0.2) is 37.7 Å². The summed E-state index contributed by atoms with van der Waals surface area (Å²) in [6, 6.07) is 3.51. The van der Waals surface area contributed by atoms with E-state index in [1.807, 2.05) is 0 Å². The fourth-order valence-corrected chi connectivity index (χ4v) is 2.22. The molecule has 2 nitrogen and oxygen atoms in total. The van der Waals surface area contributed by atoms with Gasteiger partial charge in [-0.05, 0) is 66.8 Å². The average molecular weight is 399 g/mol. The number of benzene rings is 1. The molecule has 0 spiro atoms. The van der Waals surface area contributed by atoms with Crippen LogP contribution in [-0.2, 0) is 4.79 Å². The van der Waals surface area contributed by atoms with E-state index in [4.69, 9.17) is 4.74 Å². The average Bonchev–Trinajstić information content (AvgIpc) is 2.20. The molecular weight excluding hydrogens is 392 g/mol. The maximum absolute atomic E-state index is 11.2. The topological polar surface area (TPSA) is 26.3 Å². The van der Waals surface area contributed by atoms with Gasteiger partial charge < -0.3 is 4.74 Å². The van der Waals surface area contributed by atoms with E-state index in [1.54, 1.807) is 25.1 Å². The minimum Gasteiger partial charge on any atom is -0.422 e. The first kappa shape index (κ1) is 12.9. The Labute approximate surface area is 113 Å². The van der Waals surface area contributed by atoms with Gasteiger partial charge in [0.1, 0.15) is 5.75 Å². The molecule has 0 aliphatic carbocycles. The monoisotopic (exact) mass is 396 g/mol. The van der Waals surface area contributed by atoms with Gasteiger partial charge in [0.2, 0.25) is 0 Å². The van der Waals surface area contributed by atoms with E-state index in [2.05, 4.69) is 47.8 Å². The second-order valence-electron chi connectivity index (χ2n) is 2.59. The van der Waals surface area contributed by atoms with Crippen LogP contribution in [0.5, 0.6) is 5.75 Å². The summed E-state index contributed by atoms with van der Waals surface area (Å²) in [5.41, 5.74) is 0. The van der Waals surface area contributed by atoms with Gasteiger partial charge in [-0.1, -0.05) is 6.08 Å². The quantitative estimate of drug-likeness (QED) is 0.318. The Morgan fingerprint density at radius 3 is 2.53 bits per heavy atom. The number of esters is 1. The summed E-state index contributed by atoms with van der Waals surface area (Å²) in [7, 11) is 0. The van der Waals surface area contributed by atoms with Crippen molar-refractivity contribution in [1.82, 2.24) is 0 Å². The van der Waals surface area contributed by atoms with Crippen LogP contribution in [0.25, 0.3) is 0 Å². The van der Waals surface area contributed by atoms with Gasteiger partial charge in [0.05, 0.1) is 4.47 Å². The molecule has 0 radical (unpaired) electrons. The molecule has 0 fully saturated rings. The van der Waals surface area contributed by atoms with E-state index in [0.717, 1.165) is 8.95 Å². The van der Waals surface area contributed by atoms with Crippen molar-refractivity contribution in [1.29, 1.82) is 0 Å². The molecule has 1 rings (SSSR count). The molecule has 0 aliphatic rings. The summed E-state index contributed by atoms with van der Waals surface area (Å²) in [6.45, 7) is 1.76. The van der Waals surface area contributed by atoms with Gasteiger partial charge in [0, 0.05) is 15.0 Å². The summed E-state index contributed by atoms with van der Waals surface area (Å²) < 4.78 is 7.50. The number of allylic oxidation sites excluding steroid dienone is 1. The fraction of sp³-hybridized carbons (Fsp3) is 0.100. The molecular formula is C10H7Br3O2. The summed E-state index contributed by atoms with van der Waals surface area (Å²) in [6.07, 6.45) is 2.99. The van der Waals surface area contributed by atoms with Crippen molar-refractivity contribution in [3.63, 3.8) is 0 Å². The van der Waals surface area contributed by atoms with Crippen molar-refractivity contribution in [3.8, 4) is 5.75 Å². The highest BCUT2D eigenvalue weighted by atomic mass is 79.9. The van der Waals surface area contributed by atoms with Crippen molar-refractivity contribution in [2.24, 2.45) is 0 Å². The number of rotatable bonds is 2. The number of halogens is 3. The molecule has 0 saturated heterocycles. The lowest BCUT2D eigenvalue weighted by Gasteiger charge is -2.06. The number of carbonyl (C=O) groups is 1. The van der Waals surface area contributed by atoms with Crippen LogP contribution in [0.4, 0.5) is 0 Å². The van der Waals surface area contributed by atoms with E-state index in [1.165, 1.54) is 6.08 Å². The van der Waals surface area contributed by atoms with Crippen LogP contribution < -0.4 is 4.74 Å². The first-order valence-corrected chi connectivity index (χ1v) is 6.42. The Hall–Kier alpha value is -0.130. The Balaban J connectivity index is 2.97. The molecule has 15 heavy (non-hydrogen) atoms. The zero-order valence-corrected chi connectivity index (χ0v) is 12.5. The maximum atomic E-state index is 11.2. The van der Waals surface area contributed by atoms with E-state index >= 15 is 0 Å². The van der Waals surface area contributed by atoms with Crippen molar-refractivity contribution in [3.05, 3.63) is 37.7 Å². The van der Waals surface area contributed by atoms with Crippen LogP contribution in [0.2, 0.25) is 0 Å². The van der Waals surface area contributed by atoms with Gasteiger partial charge in [-0.25, -0.2) is 4.79 Å². The van der Waals surface area contributed by atoms with Gasteiger partial charge in [0.15, 0.2) is 0 Å². The molecule has 0 bridgehead atoms. The molecule has 0 unspecified atom stereocenters. The number of hydrogen-bond donors (Lipinski definition) is 0. The Morgan fingerprint density at radius 1 is 1.27 bits per heavy atom. The normalized spacial score (nSPS) is 10.7. The minimum atomic E-state index is -0.396. The summed E-state index contributed by atoms with van der Waals surface area (Å²) in [5.74, 6) is 0.0839. The second-order valence-corrected chi connectivity index (χ2v) is 5.03. The van der Waals surface area contributed by atoms with Crippen LogP contribution >= 0.6 is 47.8 Å². The lowest BCUT2D eigenvalue weighted by atomic mass is 10.3. The minimum absolute atomic E-state index is 0.396. The summed E-state index contributed by atoms with van der Waals surface area (Å²) in [5, 5.41) is 0. The molecule has 0 N–H and O–H groups in total. The number of ether oxygens (including phenoxy) is 1. The SMILES string of the molecule is CC=CC(=O)Oc1ccc(Br)c(Br)c1Br. The molecule has 0 atom stereocenters. The lowest BCUT2D eigenvalue weighted by molar-refractivity contribution is -0.129. The predicted octanol–water partition coefficient (Wildman–Crippen LogP) is 4.46. The van der Waals surface area contributed by atoms with Crippen LogP contribution in [0.3, 0.4) is 0 Å². The molecule has 0 aliphatic heterocycles. The van der Waals surface area contributed by atoms with Gasteiger partial charge in [0.25, 0.3) is 0 Å². The summed E-state index contributed by atoms with van der Waals surface area (Å²) >= 11 is 10.0. The van der Waals surface area contributed by atoms with Crippen LogP contribution in [0.1, 0.15) is 6.92 Å². The fourth-order valence-electron chi connectivity index (χ4n) is 0.865. The number of hydrogen-bond acceptors (Lipinski definition) is 2. The van der Waals surface area contributed by atoms with Gasteiger partial charge >= 0.3 is 5.97 Å². The zero-order chi connectivity index (χ0) is 11.4. The Kier molecular flexibility index (Phi) is 5.02. The van der Waals surface area contributed by atoms with Crippen molar-refractivity contribution >= 4 is 53.8 Å². The molecule has 0 amide bonds. The maximum Gasteiger partial charge on any atom is 0.335 e. The molecule has 80 valence electrons. The third kappa shape index (κ3) is 3.43. The number of carbonyl (C=O) groups excluding carboxylic acids is 1. The molecule has 0 saturated carbocycles. The molecule has 0 aromatic heterocycles. The highest BCUT2D eigenvalue weighted by molar-refractivity contribution is 9.14. The van der Waals surface area contributed by atoms with Crippen molar-refractivity contribution in [2.75, 3.05) is 0 Å². The van der Waals surface area contributed by atoms with Gasteiger partial charge in [-0.15, -0.1) is 0 Å². The second kappa shape index (κ2) is 5.82. The van der Waals surface area contributed by atoms with Gasteiger partial charge in [-0.3, -0.25) is 0 Å². The summed E-state index contributed by atoms with van der Waals surface area (Å²) in [4.78, 5) is 11.2. The van der Waals surface area contributed by atoms with E-state index < -0.39 is 5.97 Å². The van der Waals surface area contributed by atoms with Crippen molar-refractivity contribution < 1.29 is 9.53 Å². The van der Waals surface area contributed by atoms with E-state index in [0.29, 0.717) is 10.2 Å². The van der Waals surface area contributed by atoms with Gasteiger partial charge in [-0.2, -0.15) is 0 Å². The highest BCUT2D eigenvalue weighted by Gasteiger charge is 2.10. The molecule has 1 aromatic carbocycles. The highest BCUT2D eigenvalue weighted by Crippen LogP contribution is 2.37. The first-order valence-electron chi connectivity index (χ1n) is 4.04. The largest absolute Gasteiger partial charge is 0.422 e. The first-order chi connectivity index (χ1) is 7.06. The lowest BCUT2D eigenvalue weighted by Crippen LogP contribution is -2.04. The Morgan fingerprint density at radius 2 is 1.93 bits per heavy atom.